The predicted octanol–water partition coefficient (Wildman–Crippen LogP) is 2.35. The molecule has 0 aliphatic carbocycles. The van der Waals surface area contributed by atoms with Crippen molar-refractivity contribution in [3.05, 3.63) is 70.1 Å². The lowest BCUT2D eigenvalue weighted by atomic mass is 10.1. The smallest absolute Gasteiger partial charge is 0.254 e. The van der Waals surface area contributed by atoms with Gasteiger partial charge in [-0.25, -0.2) is 0 Å². The molecule has 1 atom stereocenters. The summed E-state index contributed by atoms with van der Waals surface area (Å²) in [6.45, 7) is 0.761. The maximum Gasteiger partial charge on any atom is 0.254 e. The molecule has 1 fully saturated rings. The van der Waals surface area contributed by atoms with E-state index in [2.05, 4.69) is 4.98 Å². The van der Waals surface area contributed by atoms with Gasteiger partial charge in [0.1, 0.15) is 0 Å². The molecule has 2 aromatic rings. The van der Waals surface area contributed by atoms with E-state index in [0.29, 0.717) is 5.56 Å². The van der Waals surface area contributed by atoms with Crippen molar-refractivity contribution in [3.63, 3.8) is 0 Å². The number of carbonyl (C=O) groups excluding carboxylic acids is 1. The molecular weight excluding hydrogens is 252 g/mol. The summed E-state index contributed by atoms with van der Waals surface area (Å²) in [5.74, 6) is 0.0549. The number of benzene rings is 1. The number of amides is 1. The minimum absolute atomic E-state index is 0.0549. The average Bonchev–Trinajstić information content (AvgIpc) is 2.97. The fourth-order valence-corrected chi connectivity index (χ4v) is 2.73. The van der Waals surface area contributed by atoms with Gasteiger partial charge in [-0.05, 0) is 30.5 Å². The molecule has 0 radical (unpaired) electrons. The van der Waals surface area contributed by atoms with E-state index in [1.54, 1.807) is 12.3 Å². The molecule has 1 aromatic carbocycles. The summed E-state index contributed by atoms with van der Waals surface area (Å²) in [5.41, 5.74) is 1.59. The second-order valence-electron chi connectivity index (χ2n) is 5.01. The van der Waals surface area contributed by atoms with Crippen molar-refractivity contribution in [2.45, 2.75) is 18.9 Å². The van der Waals surface area contributed by atoms with Gasteiger partial charge in [-0.3, -0.25) is 9.59 Å². The van der Waals surface area contributed by atoms with E-state index in [9.17, 15) is 9.59 Å². The third-order valence-electron chi connectivity index (χ3n) is 3.73. The van der Waals surface area contributed by atoms with Crippen molar-refractivity contribution in [3.8, 4) is 0 Å². The van der Waals surface area contributed by atoms with Crippen molar-refractivity contribution in [1.29, 1.82) is 0 Å². The highest BCUT2D eigenvalue weighted by Gasteiger charge is 2.30. The third kappa shape index (κ3) is 2.37. The standard InChI is InChI=1S/C16H16N2O2/c19-15-9-8-13(11-17-15)14-7-4-10-18(14)16(20)12-5-2-1-3-6-12/h1-3,5-6,8-9,11,14H,4,7,10H2,(H,17,19)/t14-/m0/s1. The minimum Gasteiger partial charge on any atom is -0.332 e. The number of carbonyl (C=O) groups is 1. The van der Waals surface area contributed by atoms with Crippen LogP contribution in [0.25, 0.3) is 0 Å². The SMILES string of the molecule is O=C(c1ccccc1)N1CCC[C@H]1c1ccc(=O)[nH]c1. The zero-order valence-electron chi connectivity index (χ0n) is 11.1. The topological polar surface area (TPSA) is 53.2 Å². The first-order valence-corrected chi connectivity index (χ1v) is 6.80. The molecular formula is C16H16N2O2. The van der Waals surface area contributed by atoms with E-state index in [4.69, 9.17) is 0 Å². The first-order valence-electron chi connectivity index (χ1n) is 6.80. The molecule has 0 saturated carbocycles. The van der Waals surface area contributed by atoms with Gasteiger partial charge >= 0.3 is 0 Å². The zero-order chi connectivity index (χ0) is 13.9. The molecule has 3 rings (SSSR count). The lowest BCUT2D eigenvalue weighted by Crippen LogP contribution is -2.30. The first-order chi connectivity index (χ1) is 9.75. The molecule has 0 bridgehead atoms. The Kier molecular flexibility index (Phi) is 3.37. The molecule has 1 aliphatic heterocycles. The summed E-state index contributed by atoms with van der Waals surface area (Å²) < 4.78 is 0. The van der Waals surface area contributed by atoms with Crippen LogP contribution in [0.2, 0.25) is 0 Å². The highest BCUT2D eigenvalue weighted by atomic mass is 16.2. The monoisotopic (exact) mass is 268 g/mol. The van der Waals surface area contributed by atoms with Crippen LogP contribution in [0.5, 0.6) is 0 Å². The van der Waals surface area contributed by atoms with Crippen LogP contribution >= 0.6 is 0 Å². The van der Waals surface area contributed by atoms with Gasteiger partial charge in [0.2, 0.25) is 5.56 Å². The van der Waals surface area contributed by atoms with Gasteiger partial charge in [0.25, 0.3) is 5.91 Å². The number of rotatable bonds is 2. The van der Waals surface area contributed by atoms with Gasteiger partial charge < -0.3 is 9.88 Å². The number of hydrogen-bond donors (Lipinski definition) is 1. The van der Waals surface area contributed by atoms with Gasteiger partial charge in [0, 0.05) is 24.4 Å². The summed E-state index contributed by atoms with van der Waals surface area (Å²) in [6.07, 6.45) is 3.64. The van der Waals surface area contributed by atoms with Crippen LogP contribution in [0.4, 0.5) is 0 Å². The Hall–Kier alpha value is -2.36. The maximum absolute atomic E-state index is 12.6. The van der Waals surface area contributed by atoms with Crippen LogP contribution in [0.1, 0.15) is 34.8 Å². The molecule has 1 N–H and O–H groups in total. The van der Waals surface area contributed by atoms with Gasteiger partial charge in [-0.2, -0.15) is 0 Å². The Labute approximate surface area is 117 Å². The quantitative estimate of drug-likeness (QED) is 0.909. The van der Waals surface area contributed by atoms with E-state index in [0.717, 1.165) is 24.9 Å². The van der Waals surface area contributed by atoms with Crippen LogP contribution in [0, 0.1) is 0 Å². The van der Waals surface area contributed by atoms with E-state index in [1.807, 2.05) is 35.2 Å². The fourth-order valence-electron chi connectivity index (χ4n) is 2.73. The van der Waals surface area contributed by atoms with Gasteiger partial charge in [0.05, 0.1) is 6.04 Å². The van der Waals surface area contributed by atoms with Crippen molar-refractivity contribution < 1.29 is 4.79 Å². The number of likely N-dealkylation sites (tertiary alicyclic amines) is 1. The molecule has 1 amide bonds. The Bertz CT molecular complexity index is 643. The Morgan fingerprint density at radius 3 is 2.65 bits per heavy atom. The Morgan fingerprint density at radius 1 is 1.15 bits per heavy atom. The summed E-state index contributed by atoms with van der Waals surface area (Å²) in [6, 6.07) is 12.7. The lowest BCUT2D eigenvalue weighted by molar-refractivity contribution is 0.0735. The molecule has 102 valence electrons. The molecule has 0 spiro atoms. The number of nitrogens with one attached hydrogen (secondary N) is 1. The number of nitrogens with zero attached hydrogens (tertiary/aromatic N) is 1. The second-order valence-corrected chi connectivity index (χ2v) is 5.01. The Morgan fingerprint density at radius 2 is 1.95 bits per heavy atom. The fraction of sp³-hybridized carbons (Fsp3) is 0.250. The number of hydrogen-bond acceptors (Lipinski definition) is 2. The van der Waals surface area contributed by atoms with E-state index in [-0.39, 0.29) is 17.5 Å². The van der Waals surface area contributed by atoms with E-state index >= 15 is 0 Å². The van der Waals surface area contributed by atoms with Crippen LogP contribution < -0.4 is 5.56 Å². The lowest BCUT2D eigenvalue weighted by Gasteiger charge is -2.25. The van der Waals surface area contributed by atoms with Crippen molar-refractivity contribution >= 4 is 5.91 Å². The largest absolute Gasteiger partial charge is 0.332 e. The maximum atomic E-state index is 12.6. The molecule has 1 aromatic heterocycles. The Balaban J connectivity index is 1.87. The molecule has 1 aliphatic rings. The molecule has 0 unspecified atom stereocenters. The van der Waals surface area contributed by atoms with Crippen molar-refractivity contribution in [1.82, 2.24) is 9.88 Å². The highest BCUT2D eigenvalue weighted by molar-refractivity contribution is 5.94. The number of aromatic nitrogens is 1. The molecule has 20 heavy (non-hydrogen) atoms. The minimum atomic E-state index is -0.118. The number of pyridine rings is 1. The summed E-state index contributed by atoms with van der Waals surface area (Å²) in [5, 5.41) is 0. The van der Waals surface area contributed by atoms with Crippen molar-refractivity contribution in [2.24, 2.45) is 0 Å². The van der Waals surface area contributed by atoms with Gasteiger partial charge in [-0.15, -0.1) is 0 Å². The number of aromatic amines is 1. The summed E-state index contributed by atoms with van der Waals surface area (Å²) in [7, 11) is 0. The van der Waals surface area contributed by atoms with Crippen LogP contribution in [-0.2, 0) is 0 Å². The van der Waals surface area contributed by atoms with Gasteiger partial charge in [-0.1, -0.05) is 24.3 Å². The van der Waals surface area contributed by atoms with Crippen LogP contribution in [-0.4, -0.2) is 22.3 Å². The molecule has 1 saturated heterocycles. The highest BCUT2D eigenvalue weighted by Crippen LogP contribution is 2.32. The zero-order valence-corrected chi connectivity index (χ0v) is 11.1. The summed E-state index contributed by atoms with van der Waals surface area (Å²) in [4.78, 5) is 28.3. The average molecular weight is 268 g/mol. The normalized spacial score (nSPS) is 18.2. The third-order valence-corrected chi connectivity index (χ3v) is 3.73. The second kappa shape index (κ2) is 5.33. The molecule has 4 nitrogen and oxygen atoms in total. The molecule has 4 heteroatoms. The number of H-pyrrole nitrogens is 1. The predicted molar refractivity (Wildman–Crippen MR) is 76.5 cm³/mol. The molecule has 2 heterocycles. The van der Waals surface area contributed by atoms with Crippen LogP contribution in [0.15, 0.2) is 53.5 Å². The first kappa shape index (κ1) is 12.7. The van der Waals surface area contributed by atoms with Gasteiger partial charge in [0.15, 0.2) is 0 Å². The summed E-state index contributed by atoms with van der Waals surface area (Å²) >= 11 is 0. The van der Waals surface area contributed by atoms with E-state index < -0.39 is 0 Å². The van der Waals surface area contributed by atoms with Crippen molar-refractivity contribution in [2.75, 3.05) is 6.54 Å². The van der Waals surface area contributed by atoms with E-state index in [1.165, 1.54) is 6.07 Å². The van der Waals surface area contributed by atoms with Crippen LogP contribution in [0.3, 0.4) is 0 Å².